The summed E-state index contributed by atoms with van der Waals surface area (Å²) >= 11 is 0. The molecule has 17 heavy (non-hydrogen) atoms. The Morgan fingerprint density at radius 3 is 2.76 bits per heavy atom. The third-order valence-electron chi connectivity index (χ3n) is 3.26. The number of anilines is 2. The quantitative estimate of drug-likeness (QED) is 0.769. The Hall–Kier alpha value is -1.38. The molecule has 0 aliphatic heterocycles. The highest BCUT2D eigenvalue weighted by Crippen LogP contribution is 2.38. The van der Waals surface area contributed by atoms with Crippen molar-refractivity contribution in [3.05, 3.63) is 18.2 Å². The van der Waals surface area contributed by atoms with Crippen molar-refractivity contribution in [2.75, 3.05) is 17.6 Å². The van der Waals surface area contributed by atoms with Gasteiger partial charge in [0.15, 0.2) is 0 Å². The van der Waals surface area contributed by atoms with Crippen molar-refractivity contribution in [3.8, 4) is 5.75 Å². The van der Waals surface area contributed by atoms with Gasteiger partial charge in [0.05, 0.1) is 17.5 Å². The number of nitrogens with two attached hydrogens (primary N) is 1. The second-order valence-corrected chi connectivity index (χ2v) is 5.24. The van der Waals surface area contributed by atoms with E-state index in [1.54, 1.807) is 0 Å². The van der Waals surface area contributed by atoms with E-state index >= 15 is 0 Å². The van der Waals surface area contributed by atoms with Crippen molar-refractivity contribution in [2.24, 2.45) is 11.8 Å². The SMILES string of the molecule is CC(C)Oc1cccc(NCC2CC2C)c1N. The summed E-state index contributed by atoms with van der Waals surface area (Å²) in [7, 11) is 0. The van der Waals surface area contributed by atoms with Gasteiger partial charge in [-0.25, -0.2) is 0 Å². The molecular weight excluding hydrogens is 212 g/mol. The first-order chi connectivity index (χ1) is 8.08. The van der Waals surface area contributed by atoms with Gasteiger partial charge < -0.3 is 15.8 Å². The van der Waals surface area contributed by atoms with Crippen LogP contribution in [0, 0.1) is 11.8 Å². The molecule has 0 radical (unpaired) electrons. The molecule has 1 fully saturated rings. The van der Waals surface area contributed by atoms with Crippen LogP contribution in [0.15, 0.2) is 18.2 Å². The van der Waals surface area contributed by atoms with Crippen molar-refractivity contribution < 1.29 is 4.74 Å². The van der Waals surface area contributed by atoms with E-state index in [0.29, 0.717) is 0 Å². The van der Waals surface area contributed by atoms with Crippen LogP contribution in [-0.2, 0) is 0 Å². The number of nitrogens with one attached hydrogen (secondary N) is 1. The molecular formula is C14H22N2O. The molecule has 94 valence electrons. The summed E-state index contributed by atoms with van der Waals surface area (Å²) in [5, 5.41) is 3.41. The lowest BCUT2D eigenvalue weighted by atomic mass is 10.2. The molecule has 1 saturated carbocycles. The zero-order chi connectivity index (χ0) is 12.4. The Morgan fingerprint density at radius 2 is 2.18 bits per heavy atom. The molecule has 1 aliphatic carbocycles. The van der Waals surface area contributed by atoms with Gasteiger partial charge in [0.25, 0.3) is 0 Å². The Balaban J connectivity index is 2.00. The van der Waals surface area contributed by atoms with E-state index in [9.17, 15) is 0 Å². The number of hydrogen-bond acceptors (Lipinski definition) is 3. The second-order valence-electron chi connectivity index (χ2n) is 5.24. The van der Waals surface area contributed by atoms with Gasteiger partial charge in [-0.1, -0.05) is 13.0 Å². The van der Waals surface area contributed by atoms with Gasteiger partial charge >= 0.3 is 0 Å². The van der Waals surface area contributed by atoms with Crippen molar-refractivity contribution in [2.45, 2.75) is 33.3 Å². The molecule has 0 spiro atoms. The predicted octanol–water partition coefficient (Wildman–Crippen LogP) is 3.12. The van der Waals surface area contributed by atoms with E-state index in [0.717, 1.165) is 35.5 Å². The lowest BCUT2D eigenvalue weighted by Gasteiger charge is -2.15. The third kappa shape index (κ3) is 3.05. The molecule has 3 heteroatoms. The number of nitrogen functional groups attached to an aromatic ring is 1. The molecule has 1 aromatic carbocycles. The minimum Gasteiger partial charge on any atom is -0.489 e. The summed E-state index contributed by atoms with van der Waals surface area (Å²) in [6, 6.07) is 5.91. The van der Waals surface area contributed by atoms with Crippen LogP contribution in [0.3, 0.4) is 0 Å². The van der Waals surface area contributed by atoms with E-state index in [1.807, 2.05) is 32.0 Å². The maximum absolute atomic E-state index is 6.09. The number of ether oxygens (including phenoxy) is 1. The maximum atomic E-state index is 6.09. The predicted molar refractivity (Wildman–Crippen MR) is 72.4 cm³/mol. The molecule has 0 heterocycles. The molecule has 0 saturated heterocycles. The molecule has 2 unspecified atom stereocenters. The molecule has 1 aliphatic rings. The summed E-state index contributed by atoms with van der Waals surface area (Å²) in [6.45, 7) is 7.31. The van der Waals surface area contributed by atoms with Crippen LogP contribution in [0.2, 0.25) is 0 Å². The lowest BCUT2D eigenvalue weighted by molar-refractivity contribution is 0.244. The average molecular weight is 234 g/mol. The van der Waals surface area contributed by atoms with E-state index < -0.39 is 0 Å². The zero-order valence-electron chi connectivity index (χ0n) is 10.9. The standard InChI is InChI=1S/C14H22N2O/c1-9(2)17-13-6-4-5-12(14(13)15)16-8-11-7-10(11)3/h4-6,9-11,16H,7-8,15H2,1-3H3. The van der Waals surface area contributed by atoms with Gasteiger partial charge in [0.2, 0.25) is 0 Å². The van der Waals surface area contributed by atoms with Crippen LogP contribution in [0.1, 0.15) is 27.2 Å². The van der Waals surface area contributed by atoms with Crippen LogP contribution >= 0.6 is 0 Å². The lowest BCUT2D eigenvalue weighted by Crippen LogP contribution is -2.10. The van der Waals surface area contributed by atoms with Crippen molar-refractivity contribution in [3.63, 3.8) is 0 Å². The third-order valence-corrected chi connectivity index (χ3v) is 3.26. The van der Waals surface area contributed by atoms with Gasteiger partial charge in [-0.15, -0.1) is 0 Å². The zero-order valence-corrected chi connectivity index (χ0v) is 10.9. The van der Waals surface area contributed by atoms with E-state index in [1.165, 1.54) is 6.42 Å². The van der Waals surface area contributed by atoms with Crippen molar-refractivity contribution >= 4 is 11.4 Å². The molecule has 2 atom stereocenters. The van der Waals surface area contributed by atoms with E-state index in [4.69, 9.17) is 10.5 Å². The topological polar surface area (TPSA) is 47.3 Å². The van der Waals surface area contributed by atoms with Gasteiger partial charge in [0, 0.05) is 6.54 Å². The summed E-state index contributed by atoms with van der Waals surface area (Å²) < 4.78 is 5.66. The van der Waals surface area contributed by atoms with Gasteiger partial charge in [-0.05, 0) is 44.2 Å². The highest BCUT2D eigenvalue weighted by atomic mass is 16.5. The Kier molecular flexibility index (Phi) is 3.46. The first-order valence-electron chi connectivity index (χ1n) is 6.37. The molecule has 3 N–H and O–H groups in total. The van der Waals surface area contributed by atoms with Crippen molar-refractivity contribution in [1.29, 1.82) is 0 Å². The fourth-order valence-corrected chi connectivity index (χ4v) is 1.98. The fourth-order valence-electron chi connectivity index (χ4n) is 1.98. The van der Waals surface area contributed by atoms with Crippen LogP contribution in [0.25, 0.3) is 0 Å². The van der Waals surface area contributed by atoms with Crippen LogP contribution in [0.4, 0.5) is 11.4 Å². The average Bonchev–Trinajstić information content (AvgIpc) is 2.95. The second kappa shape index (κ2) is 4.86. The minimum absolute atomic E-state index is 0.149. The molecule has 1 aromatic rings. The summed E-state index contributed by atoms with van der Waals surface area (Å²) in [6.07, 6.45) is 1.48. The number of benzene rings is 1. The van der Waals surface area contributed by atoms with Gasteiger partial charge in [-0.2, -0.15) is 0 Å². The first kappa shape index (κ1) is 12.1. The normalized spacial score (nSPS) is 22.6. The van der Waals surface area contributed by atoms with Gasteiger partial charge in [0.1, 0.15) is 5.75 Å². The molecule has 0 bridgehead atoms. The summed E-state index contributed by atoms with van der Waals surface area (Å²) in [5.41, 5.74) is 7.79. The number of rotatable bonds is 5. The monoisotopic (exact) mass is 234 g/mol. The Morgan fingerprint density at radius 1 is 1.47 bits per heavy atom. The Labute approximate surface area is 103 Å². The largest absolute Gasteiger partial charge is 0.489 e. The number of hydrogen-bond donors (Lipinski definition) is 2. The minimum atomic E-state index is 0.149. The summed E-state index contributed by atoms with van der Waals surface area (Å²) in [5.74, 6) is 2.44. The van der Waals surface area contributed by atoms with Crippen molar-refractivity contribution in [1.82, 2.24) is 0 Å². The van der Waals surface area contributed by atoms with Crippen LogP contribution in [0.5, 0.6) is 5.75 Å². The highest BCUT2D eigenvalue weighted by molar-refractivity contribution is 5.73. The first-order valence-corrected chi connectivity index (χ1v) is 6.37. The van der Waals surface area contributed by atoms with E-state index in [2.05, 4.69) is 12.2 Å². The Bertz CT molecular complexity index is 390. The van der Waals surface area contributed by atoms with Crippen LogP contribution < -0.4 is 15.8 Å². The smallest absolute Gasteiger partial charge is 0.144 e. The maximum Gasteiger partial charge on any atom is 0.144 e. The summed E-state index contributed by atoms with van der Waals surface area (Å²) in [4.78, 5) is 0. The molecule has 0 amide bonds. The molecule has 0 aromatic heterocycles. The van der Waals surface area contributed by atoms with Crippen LogP contribution in [-0.4, -0.2) is 12.6 Å². The van der Waals surface area contributed by atoms with Gasteiger partial charge in [-0.3, -0.25) is 0 Å². The highest BCUT2D eigenvalue weighted by Gasteiger charge is 2.31. The number of para-hydroxylation sites is 1. The fraction of sp³-hybridized carbons (Fsp3) is 0.571. The molecule has 3 nitrogen and oxygen atoms in total. The molecule has 2 rings (SSSR count). The van der Waals surface area contributed by atoms with E-state index in [-0.39, 0.29) is 6.10 Å².